The summed E-state index contributed by atoms with van der Waals surface area (Å²) in [5, 5.41) is 11.2. The maximum atomic E-state index is 10.1. The van der Waals surface area contributed by atoms with Gasteiger partial charge in [0.25, 0.3) is 0 Å². The molecule has 0 aliphatic carbocycles. The maximum Gasteiger partial charge on any atom is 1.00 e. The Morgan fingerprint density at radius 3 is 2.40 bits per heavy atom. The molecule has 10 heavy (non-hydrogen) atoms. The molecule has 0 amide bonds. The number of carbonyl (C=O) groups is 1. The average molecular weight is 174 g/mol. The predicted molar refractivity (Wildman–Crippen MR) is 28.7 cm³/mol. The normalized spacial score (nSPS) is 22.6. The van der Waals surface area contributed by atoms with Crippen LogP contribution in [0.1, 0.15) is 12.8 Å². The number of hydrogen-bond donors (Lipinski definition) is 2. The molecule has 0 unspecified atom stereocenters. The van der Waals surface area contributed by atoms with Crippen LogP contribution in [0.4, 0.5) is 0 Å². The summed E-state index contributed by atoms with van der Waals surface area (Å²) in [5.74, 6) is -0.720. The van der Waals surface area contributed by atoms with Gasteiger partial charge in [-0.1, -0.05) is 0 Å². The number of nitrogens with one attached hydrogen (secondary N) is 1. The van der Waals surface area contributed by atoms with Crippen LogP contribution >= 0.6 is 0 Å². The number of carboxylic acid groups (broad SMARTS) is 1. The van der Waals surface area contributed by atoms with Crippen LogP contribution in [0.5, 0.6) is 0 Å². The number of rotatable bonds is 1. The molecule has 0 radical (unpaired) electrons. The van der Waals surface area contributed by atoms with E-state index in [1.165, 1.54) is 0 Å². The molecule has 1 aliphatic heterocycles. The van der Waals surface area contributed by atoms with Crippen molar-refractivity contribution >= 4 is 5.97 Å². The van der Waals surface area contributed by atoms with E-state index in [-0.39, 0.29) is 48.0 Å². The fourth-order valence-electron chi connectivity index (χ4n) is 0.895. The van der Waals surface area contributed by atoms with Gasteiger partial charge >= 0.3 is 35.5 Å². The van der Waals surface area contributed by atoms with Crippen LogP contribution < -0.4 is 47.3 Å². The third-order valence-corrected chi connectivity index (χ3v) is 1.36. The van der Waals surface area contributed by atoms with Gasteiger partial charge in [0.15, 0.2) is 0 Å². The number of aliphatic carboxylic acids is 1. The summed E-state index contributed by atoms with van der Waals surface area (Å²) in [7, 11) is 0. The molecule has 1 atom stereocenters. The summed E-state index contributed by atoms with van der Waals surface area (Å²) in [6, 6.07) is -0.269. The van der Waals surface area contributed by atoms with Crippen LogP contribution in [-0.4, -0.2) is 23.7 Å². The first-order valence-corrected chi connectivity index (χ1v) is 2.77. The first-order valence-electron chi connectivity index (χ1n) is 2.77. The van der Waals surface area contributed by atoms with Crippen LogP contribution in [-0.2, 0) is 4.79 Å². The van der Waals surface area contributed by atoms with E-state index in [4.69, 9.17) is 5.11 Å². The Balaban J connectivity index is 0. The Morgan fingerprint density at radius 1 is 1.60 bits per heavy atom. The molecule has 0 spiro atoms. The minimum atomic E-state index is -0.720. The van der Waals surface area contributed by atoms with Crippen molar-refractivity contribution in [2.45, 2.75) is 18.9 Å². The van der Waals surface area contributed by atoms with Gasteiger partial charge in [-0.2, -0.15) is 0 Å². The molecule has 0 bridgehead atoms. The van der Waals surface area contributed by atoms with Gasteiger partial charge < -0.3 is 22.8 Å². The van der Waals surface area contributed by atoms with Crippen LogP contribution in [0, 0.1) is 0 Å². The Hall–Kier alpha value is 0.720. The van der Waals surface area contributed by atoms with Crippen LogP contribution in [0.15, 0.2) is 0 Å². The van der Waals surface area contributed by atoms with Crippen LogP contribution in [0.2, 0.25) is 0 Å². The van der Waals surface area contributed by atoms with Crippen molar-refractivity contribution in [3.05, 3.63) is 0 Å². The smallest absolute Gasteiger partial charge is 1.00 e. The van der Waals surface area contributed by atoms with Crippen LogP contribution in [0.25, 0.3) is 0 Å². The quantitative estimate of drug-likeness (QED) is 0.388. The molecule has 1 rings (SSSR count). The van der Waals surface area contributed by atoms with Gasteiger partial charge in [-0.25, -0.2) is 0 Å². The summed E-state index contributed by atoms with van der Waals surface area (Å²) >= 11 is 0. The van der Waals surface area contributed by atoms with Gasteiger partial charge in [0, 0.05) is 0 Å². The average Bonchev–Trinajstić information content (AvgIpc) is 2.12. The minimum absolute atomic E-state index is 0. The van der Waals surface area contributed by atoms with Crippen LogP contribution in [0.3, 0.4) is 0 Å². The van der Waals surface area contributed by atoms with Crippen molar-refractivity contribution in [3.8, 4) is 0 Å². The van der Waals surface area contributed by atoms with Crippen molar-refractivity contribution in [2.75, 3.05) is 6.54 Å². The standard InChI is InChI=1S/C5H9NO2.ClH.Na/c7-5(8)4-2-1-3-6-4;;/h4,6H,1-3H2,(H,7,8);1H;/q;;+1/p-1/t4-;;/m0../s1. The van der Waals surface area contributed by atoms with Crippen molar-refractivity contribution in [3.63, 3.8) is 0 Å². The minimum Gasteiger partial charge on any atom is -1.00 e. The number of carboxylic acids is 1. The zero-order valence-corrected chi connectivity index (χ0v) is 8.69. The molecule has 0 aromatic heterocycles. The molecule has 0 aromatic rings. The Bertz CT molecular complexity index is 106. The first kappa shape index (κ1) is 13.3. The van der Waals surface area contributed by atoms with E-state index in [2.05, 4.69) is 5.32 Å². The van der Waals surface area contributed by atoms with Gasteiger partial charge in [-0.15, -0.1) is 0 Å². The Labute approximate surface area is 88.3 Å². The molecule has 0 saturated carbocycles. The first-order chi connectivity index (χ1) is 3.80. The molecular formula is C5H9ClNNaO2. The van der Waals surface area contributed by atoms with Gasteiger partial charge in [0.1, 0.15) is 6.04 Å². The fourth-order valence-corrected chi connectivity index (χ4v) is 0.895. The van der Waals surface area contributed by atoms with Gasteiger partial charge in [-0.3, -0.25) is 4.79 Å². The summed E-state index contributed by atoms with van der Waals surface area (Å²) in [4.78, 5) is 10.1. The summed E-state index contributed by atoms with van der Waals surface area (Å²) in [6.07, 6.45) is 1.78. The fraction of sp³-hybridized carbons (Fsp3) is 0.800. The molecule has 3 nitrogen and oxygen atoms in total. The van der Waals surface area contributed by atoms with Gasteiger partial charge in [-0.05, 0) is 19.4 Å². The van der Waals surface area contributed by atoms with Gasteiger partial charge in [0.2, 0.25) is 0 Å². The number of hydrogen-bond acceptors (Lipinski definition) is 2. The van der Waals surface area contributed by atoms with E-state index >= 15 is 0 Å². The van der Waals surface area contributed by atoms with E-state index in [9.17, 15) is 4.79 Å². The number of halogens is 1. The topological polar surface area (TPSA) is 49.3 Å². The molecule has 0 aromatic carbocycles. The van der Waals surface area contributed by atoms with E-state index in [1.54, 1.807) is 0 Å². The zero-order valence-electron chi connectivity index (χ0n) is 5.93. The zero-order chi connectivity index (χ0) is 5.98. The van der Waals surface area contributed by atoms with E-state index in [0.29, 0.717) is 0 Å². The second kappa shape index (κ2) is 6.43. The van der Waals surface area contributed by atoms with E-state index in [0.717, 1.165) is 19.4 Å². The molecule has 5 heteroatoms. The predicted octanol–water partition coefficient (Wildman–Crippen LogP) is -6.17. The summed E-state index contributed by atoms with van der Waals surface area (Å²) in [6.45, 7) is 0.858. The Morgan fingerprint density at radius 2 is 2.20 bits per heavy atom. The third kappa shape index (κ3) is 3.78. The maximum absolute atomic E-state index is 10.1. The van der Waals surface area contributed by atoms with Gasteiger partial charge in [0.05, 0.1) is 0 Å². The molecular weight excluding hydrogens is 165 g/mol. The second-order valence-electron chi connectivity index (χ2n) is 1.99. The van der Waals surface area contributed by atoms with E-state index in [1.807, 2.05) is 0 Å². The third-order valence-electron chi connectivity index (χ3n) is 1.36. The van der Waals surface area contributed by atoms with Crippen molar-refractivity contribution < 1.29 is 51.9 Å². The van der Waals surface area contributed by atoms with Crippen molar-refractivity contribution in [1.29, 1.82) is 0 Å². The molecule has 2 N–H and O–H groups in total. The molecule has 1 fully saturated rings. The van der Waals surface area contributed by atoms with Crippen molar-refractivity contribution in [2.24, 2.45) is 0 Å². The second-order valence-corrected chi connectivity index (χ2v) is 1.99. The SMILES string of the molecule is O=C(O)[C@@H]1CCCN1.[Cl-].[Na+]. The van der Waals surface area contributed by atoms with Crippen molar-refractivity contribution in [1.82, 2.24) is 5.32 Å². The Kier molecular flexibility index (Phi) is 8.57. The molecule has 54 valence electrons. The summed E-state index contributed by atoms with van der Waals surface area (Å²) in [5.41, 5.74) is 0. The van der Waals surface area contributed by atoms with E-state index < -0.39 is 5.97 Å². The molecule has 1 heterocycles. The summed E-state index contributed by atoms with van der Waals surface area (Å²) < 4.78 is 0. The monoisotopic (exact) mass is 173 g/mol. The molecule has 1 saturated heterocycles. The molecule has 1 aliphatic rings. The largest absolute Gasteiger partial charge is 1.00 e.